The lowest BCUT2D eigenvalue weighted by Crippen LogP contribution is -2.29. The Morgan fingerprint density at radius 3 is 2.59 bits per heavy atom. The Labute approximate surface area is 184 Å². The number of benzene rings is 2. The molecule has 4 aromatic rings. The number of carbonyl (C=O) groups is 2. The number of carbonyl (C=O) groups excluding carboxylic acids is 2. The van der Waals surface area contributed by atoms with Gasteiger partial charge in [0, 0.05) is 31.4 Å². The SMILES string of the molecule is Cn1cc(NC(=O)C(=O)Nc2cccc(OCCc3ccccc3)c2)c(-c2ccco2)n1. The van der Waals surface area contributed by atoms with Gasteiger partial charge in [0.2, 0.25) is 0 Å². The second kappa shape index (κ2) is 9.65. The fourth-order valence-corrected chi connectivity index (χ4v) is 3.14. The average Bonchev–Trinajstić information content (AvgIpc) is 3.44. The minimum absolute atomic E-state index is 0.376. The second-order valence-corrected chi connectivity index (χ2v) is 7.06. The van der Waals surface area contributed by atoms with Crippen molar-refractivity contribution in [2.24, 2.45) is 7.05 Å². The number of aryl methyl sites for hydroxylation is 1. The number of ether oxygens (including phenoxy) is 1. The maximum atomic E-state index is 12.4. The van der Waals surface area contributed by atoms with Crippen LogP contribution in [0.15, 0.2) is 83.6 Å². The third kappa shape index (κ3) is 5.23. The van der Waals surface area contributed by atoms with Crippen LogP contribution in [0, 0.1) is 0 Å². The number of anilines is 2. The van der Waals surface area contributed by atoms with Crippen LogP contribution >= 0.6 is 0 Å². The van der Waals surface area contributed by atoms with Crippen molar-refractivity contribution in [3.05, 3.63) is 84.8 Å². The van der Waals surface area contributed by atoms with Crippen LogP contribution < -0.4 is 15.4 Å². The van der Waals surface area contributed by atoms with Crippen molar-refractivity contribution in [3.8, 4) is 17.2 Å². The number of rotatable bonds is 7. The van der Waals surface area contributed by atoms with Crippen molar-refractivity contribution in [3.63, 3.8) is 0 Å². The van der Waals surface area contributed by atoms with Gasteiger partial charge in [0.1, 0.15) is 5.75 Å². The highest BCUT2D eigenvalue weighted by Gasteiger charge is 2.19. The van der Waals surface area contributed by atoms with E-state index in [1.54, 1.807) is 49.6 Å². The van der Waals surface area contributed by atoms with Crippen molar-refractivity contribution in [2.45, 2.75) is 6.42 Å². The molecule has 2 N–H and O–H groups in total. The van der Waals surface area contributed by atoms with Crippen molar-refractivity contribution >= 4 is 23.2 Å². The Hall–Kier alpha value is -4.33. The first-order valence-corrected chi connectivity index (χ1v) is 10.0. The lowest BCUT2D eigenvalue weighted by molar-refractivity contribution is -0.132. The van der Waals surface area contributed by atoms with E-state index >= 15 is 0 Å². The molecule has 0 aliphatic carbocycles. The van der Waals surface area contributed by atoms with Crippen LogP contribution in [0.1, 0.15) is 5.56 Å². The van der Waals surface area contributed by atoms with Gasteiger partial charge in [-0.2, -0.15) is 5.10 Å². The second-order valence-electron chi connectivity index (χ2n) is 7.06. The van der Waals surface area contributed by atoms with Gasteiger partial charge in [0.05, 0.1) is 18.6 Å². The Morgan fingerprint density at radius 2 is 1.81 bits per heavy atom. The molecule has 0 radical (unpaired) electrons. The van der Waals surface area contributed by atoms with E-state index < -0.39 is 11.8 Å². The molecule has 2 aromatic carbocycles. The van der Waals surface area contributed by atoms with E-state index in [0.717, 1.165) is 6.42 Å². The van der Waals surface area contributed by atoms with Gasteiger partial charge in [0.25, 0.3) is 0 Å². The summed E-state index contributed by atoms with van der Waals surface area (Å²) >= 11 is 0. The van der Waals surface area contributed by atoms with Crippen LogP contribution in [0.4, 0.5) is 11.4 Å². The topological polar surface area (TPSA) is 98.4 Å². The Kier molecular flexibility index (Phi) is 6.31. The quantitative estimate of drug-likeness (QED) is 0.434. The summed E-state index contributed by atoms with van der Waals surface area (Å²) in [6, 6.07) is 20.4. The average molecular weight is 430 g/mol. The molecule has 0 bridgehead atoms. The zero-order valence-corrected chi connectivity index (χ0v) is 17.4. The summed E-state index contributed by atoms with van der Waals surface area (Å²) in [5.74, 6) is -0.532. The third-order valence-corrected chi connectivity index (χ3v) is 4.63. The van der Waals surface area contributed by atoms with E-state index in [4.69, 9.17) is 9.15 Å². The number of hydrogen-bond acceptors (Lipinski definition) is 5. The molecule has 2 heterocycles. The molecule has 8 heteroatoms. The molecule has 4 rings (SSSR count). The van der Waals surface area contributed by atoms with Gasteiger partial charge in [-0.05, 0) is 29.8 Å². The summed E-state index contributed by atoms with van der Waals surface area (Å²) < 4.78 is 12.6. The largest absolute Gasteiger partial charge is 0.493 e. The zero-order valence-electron chi connectivity index (χ0n) is 17.4. The van der Waals surface area contributed by atoms with Crippen molar-refractivity contribution in [1.29, 1.82) is 0 Å². The summed E-state index contributed by atoms with van der Waals surface area (Å²) in [5.41, 5.74) is 2.45. The molecule has 0 aliphatic rings. The van der Waals surface area contributed by atoms with Gasteiger partial charge in [-0.15, -0.1) is 0 Å². The number of hydrogen-bond donors (Lipinski definition) is 2. The van der Waals surface area contributed by atoms with E-state index in [9.17, 15) is 9.59 Å². The van der Waals surface area contributed by atoms with Crippen LogP contribution in [0.5, 0.6) is 5.75 Å². The van der Waals surface area contributed by atoms with Crippen molar-refractivity contribution < 1.29 is 18.7 Å². The van der Waals surface area contributed by atoms with Crippen LogP contribution in [0.2, 0.25) is 0 Å². The van der Waals surface area contributed by atoms with Crippen LogP contribution in [-0.4, -0.2) is 28.2 Å². The molecular formula is C24H22N4O4. The molecule has 0 unspecified atom stereocenters. The van der Waals surface area contributed by atoms with Crippen LogP contribution in [0.25, 0.3) is 11.5 Å². The van der Waals surface area contributed by atoms with Gasteiger partial charge >= 0.3 is 11.8 Å². The molecule has 2 aromatic heterocycles. The molecule has 2 amide bonds. The first kappa shape index (κ1) is 20.9. The minimum Gasteiger partial charge on any atom is -0.493 e. The maximum absolute atomic E-state index is 12.4. The lowest BCUT2D eigenvalue weighted by atomic mass is 10.2. The normalized spacial score (nSPS) is 10.5. The smallest absolute Gasteiger partial charge is 0.314 e. The summed E-state index contributed by atoms with van der Waals surface area (Å²) in [4.78, 5) is 24.9. The van der Waals surface area contributed by atoms with Crippen LogP contribution in [-0.2, 0) is 23.1 Å². The van der Waals surface area contributed by atoms with Gasteiger partial charge in [-0.1, -0.05) is 36.4 Å². The molecule has 162 valence electrons. The molecular weight excluding hydrogens is 408 g/mol. The Balaban J connectivity index is 1.35. The molecule has 0 aliphatic heterocycles. The molecule has 8 nitrogen and oxygen atoms in total. The third-order valence-electron chi connectivity index (χ3n) is 4.63. The van der Waals surface area contributed by atoms with E-state index in [1.165, 1.54) is 16.5 Å². The molecule has 0 saturated carbocycles. The zero-order chi connectivity index (χ0) is 22.3. The number of nitrogens with zero attached hydrogens (tertiary/aromatic N) is 2. The first-order valence-electron chi connectivity index (χ1n) is 10.0. The number of furan rings is 1. The van der Waals surface area contributed by atoms with Crippen molar-refractivity contribution in [2.75, 3.05) is 17.2 Å². The molecule has 0 fully saturated rings. The van der Waals surface area contributed by atoms with Gasteiger partial charge in [-0.3, -0.25) is 14.3 Å². The Morgan fingerprint density at radius 1 is 1.00 bits per heavy atom. The van der Waals surface area contributed by atoms with Gasteiger partial charge in [-0.25, -0.2) is 0 Å². The minimum atomic E-state index is -0.818. The highest BCUT2D eigenvalue weighted by molar-refractivity contribution is 6.43. The van der Waals surface area contributed by atoms with E-state index in [2.05, 4.69) is 15.7 Å². The van der Waals surface area contributed by atoms with E-state index in [1.807, 2.05) is 30.3 Å². The molecule has 0 spiro atoms. The lowest BCUT2D eigenvalue weighted by Gasteiger charge is -2.09. The first-order chi connectivity index (χ1) is 15.6. The maximum Gasteiger partial charge on any atom is 0.314 e. The fraction of sp³-hybridized carbons (Fsp3) is 0.125. The molecule has 32 heavy (non-hydrogen) atoms. The predicted molar refractivity (Wildman–Crippen MR) is 120 cm³/mol. The summed E-state index contributed by atoms with van der Waals surface area (Å²) in [6.07, 6.45) is 3.88. The molecule has 0 atom stereocenters. The summed E-state index contributed by atoms with van der Waals surface area (Å²) in [7, 11) is 1.71. The number of aromatic nitrogens is 2. The fourth-order valence-electron chi connectivity index (χ4n) is 3.14. The number of amides is 2. The van der Waals surface area contributed by atoms with E-state index in [0.29, 0.717) is 35.2 Å². The highest BCUT2D eigenvalue weighted by Crippen LogP contribution is 2.26. The van der Waals surface area contributed by atoms with Gasteiger partial charge < -0.3 is 19.8 Å². The van der Waals surface area contributed by atoms with Crippen LogP contribution in [0.3, 0.4) is 0 Å². The highest BCUT2D eigenvalue weighted by atomic mass is 16.5. The molecule has 0 saturated heterocycles. The monoisotopic (exact) mass is 430 g/mol. The summed E-state index contributed by atoms with van der Waals surface area (Å²) in [6.45, 7) is 0.498. The number of nitrogens with one attached hydrogen (secondary N) is 2. The van der Waals surface area contributed by atoms with Gasteiger partial charge in [0.15, 0.2) is 11.5 Å². The van der Waals surface area contributed by atoms with Crippen molar-refractivity contribution in [1.82, 2.24) is 9.78 Å². The predicted octanol–water partition coefficient (Wildman–Crippen LogP) is 3.88. The summed E-state index contributed by atoms with van der Waals surface area (Å²) in [5, 5.41) is 9.44. The Bertz CT molecular complexity index is 1200. The van der Waals surface area contributed by atoms with E-state index in [-0.39, 0.29) is 0 Å². The standard InChI is InChI=1S/C24H22N4O4/c1-28-16-20(22(27-28)21-11-6-13-32-21)26-24(30)23(29)25-18-9-5-10-19(15-18)31-14-12-17-7-3-2-4-8-17/h2-11,13,15-16H,12,14H2,1H3,(H,25,29)(H,26,30).